The summed E-state index contributed by atoms with van der Waals surface area (Å²) in [6.45, 7) is 3.56. The van der Waals surface area contributed by atoms with Crippen LogP contribution in [0.25, 0.3) is 10.9 Å². The highest BCUT2D eigenvalue weighted by Crippen LogP contribution is 2.28. The first-order chi connectivity index (χ1) is 17.0. The van der Waals surface area contributed by atoms with Crippen molar-refractivity contribution < 1.29 is 9.53 Å². The van der Waals surface area contributed by atoms with E-state index in [1.165, 1.54) is 0 Å². The first-order valence-corrected chi connectivity index (χ1v) is 12.7. The topological polar surface area (TPSA) is 79.4 Å². The molecule has 0 spiro atoms. The molecule has 2 aromatic carbocycles. The molecule has 186 valence electrons. The number of benzene rings is 2. The van der Waals surface area contributed by atoms with Crippen molar-refractivity contribution in [3.05, 3.63) is 54.1 Å². The summed E-state index contributed by atoms with van der Waals surface area (Å²) in [4.78, 5) is 24.1. The van der Waals surface area contributed by atoms with Gasteiger partial charge >= 0.3 is 0 Å². The lowest BCUT2D eigenvalue weighted by atomic mass is 9.86. The van der Waals surface area contributed by atoms with Crippen LogP contribution in [0.4, 0.5) is 11.8 Å². The van der Waals surface area contributed by atoms with Crippen molar-refractivity contribution in [1.29, 1.82) is 0 Å². The smallest absolute Gasteiger partial charge is 0.251 e. The average Bonchev–Trinajstić information content (AvgIpc) is 2.88. The van der Waals surface area contributed by atoms with Crippen molar-refractivity contribution in [2.45, 2.75) is 51.5 Å². The van der Waals surface area contributed by atoms with Gasteiger partial charge in [0.05, 0.1) is 12.1 Å². The predicted octanol–water partition coefficient (Wildman–Crippen LogP) is 5.28. The number of ether oxygens (including phenoxy) is 1. The Bertz CT molecular complexity index is 1110. The second-order valence-corrected chi connectivity index (χ2v) is 9.58. The van der Waals surface area contributed by atoms with E-state index in [9.17, 15) is 4.79 Å². The largest absolute Gasteiger partial charge is 0.494 e. The molecule has 7 nitrogen and oxygen atoms in total. The van der Waals surface area contributed by atoms with Gasteiger partial charge in [-0.15, -0.1) is 0 Å². The van der Waals surface area contributed by atoms with Gasteiger partial charge in [0, 0.05) is 37.6 Å². The molecule has 0 atom stereocenters. The number of nitrogens with one attached hydrogen (secondary N) is 2. The number of unbranched alkanes of at least 4 members (excludes halogenated alkanes) is 1. The second-order valence-electron chi connectivity index (χ2n) is 9.58. The number of fused-ring (bicyclic) bond motifs is 1. The van der Waals surface area contributed by atoms with Gasteiger partial charge in [-0.3, -0.25) is 4.79 Å². The standard InChI is InChI=1S/C28H37N5O2/c1-4-5-18-35-23-16-12-21(13-17-23)27(34)29-19-20-10-14-22(15-11-20)30-28-31-25-9-7-6-8-24(25)26(32-28)33(2)3/h6-9,12-13,16-17,20,22H,4-5,10-11,14-15,18-19H2,1-3H3,(H,29,34)(H,30,31,32). The third-order valence-electron chi connectivity index (χ3n) is 6.62. The van der Waals surface area contributed by atoms with Crippen molar-refractivity contribution in [3.8, 4) is 5.75 Å². The molecule has 0 radical (unpaired) electrons. The number of aromatic nitrogens is 2. The lowest BCUT2D eigenvalue weighted by molar-refractivity contribution is 0.0943. The molecular formula is C28H37N5O2. The van der Waals surface area contributed by atoms with Crippen LogP contribution >= 0.6 is 0 Å². The van der Waals surface area contributed by atoms with Crippen LogP contribution in [0.2, 0.25) is 0 Å². The normalized spacial score (nSPS) is 17.7. The molecule has 3 aromatic rings. The van der Waals surface area contributed by atoms with Crippen molar-refractivity contribution in [2.24, 2.45) is 5.92 Å². The lowest BCUT2D eigenvalue weighted by Gasteiger charge is -2.29. The molecule has 0 aliphatic heterocycles. The average molecular weight is 476 g/mol. The fourth-order valence-electron chi connectivity index (χ4n) is 4.53. The summed E-state index contributed by atoms with van der Waals surface area (Å²) in [6, 6.07) is 15.9. The minimum atomic E-state index is -0.0221. The van der Waals surface area contributed by atoms with E-state index in [1.807, 2.05) is 61.5 Å². The SMILES string of the molecule is CCCCOc1ccc(C(=O)NCC2CCC(Nc3nc(N(C)C)c4ccccc4n3)CC2)cc1. The minimum Gasteiger partial charge on any atom is -0.494 e. The Morgan fingerprint density at radius 1 is 1.03 bits per heavy atom. The molecule has 0 bridgehead atoms. The number of hydrogen-bond donors (Lipinski definition) is 2. The Morgan fingerprint density at radius 3 is 2.49 bits per heavy atom. The van der Waals surface area contributed by atoms with Gasteiger partial charge in [0.15, 0.2) is 0 Å². The Hall–Kier alpha value is -3.35. The second kappa shape index (κ2) is 11.9. The van der Waals surface area contributed by atoms with E-state index in [0.29, 0.717) is 36.6 Å². The summed E-state index contributed by atoms with van der Waals surface area (Å²) < 4.78 is 5.68. The van der Waals surface area contributed by atoms with Crippen LogP contribution in [0.15, 0.2) is 48.5 Å². The molecule has 1 aromatic heterocycles. The van der Waals surface area contributed by atoms with Gasteiger partial charge in [0.1, 0.15) is 11.6 Å². The molecular weight excluding hydrogens is 438 g/mol. The molecule has 2 N–H and O–H groups in total. The Labute approximate surface area is 208 Å². The zero-order valence-electron chi connectivity index (χ0n) is 21.1. The zero-order valence-corrected chi connectivity index (χ0v) is 21.1. The van der Waals surface area contributed by atoms with Crippen LogP contribution in [0.3, 0.4) is 0 Å². The maximum atomic E-state index is 12.6. The molecule has 1 aliphatic rings. The molecule has 7 heteroatoms. The maximum absolute atomic E-state index is 12.6. The van der Waals surface area contributed by atoms with Crippen molar-refractivity contribution >= 4 is 28.6 Å². The quantitative estimate of drug-likeness (QED) is 0.389. The van der Waals surface area contributed by atoms with Crippen LogP contribution in [-0.4, -0.2) is 49.2 Å². The number of hydrogen-bond acceptors (Lipinski definition) is 6. The van der Waals surface area contributed by atoms with Gasteiger partial charge in [-0.05, 0) is 74.4 Å². The maximum Gasteiger partial charge on any atom is 0.251 e. The molecule has 0 unspecified atom stereocenters. The molecule has 35 heavy (non-hydrogen) atoms. The van der Waals surface area contributed by atoms with E-state index in [4.69, 9.17) is 14.7 Å². The number of carbonyl (C=O) groups excluding carboxylic acids is 1. The van der Waals surface area contributed by atoms with E-state index in [1.54, 1.807) is 0 Å². The monoisotopic (exact) mass is 475 g/mol. The third-order valence-corrected chi connectivity index (χ3v) is 6.62. The van der Waals surface area contributed by atoms with Crippen LogP contribution in [0, 0.1) is 5.92 Å². The van der Waals surface area contributed by atoms with Crippen molar-refractivity contribution in [3.63, 3.8) is 0 Å². The van der Waals surface area contributed by atoms with Gasteiger partial charge in [-0.25, -0.2) is 4.98 Å². The Balaban J connectivity index is 1.25. The molecule has 1 fully saturated rings. The molecule has 4 rings (SSSR count). The van der Waals surface area contributed by atoms with Gasteiger partial charge < -0.3 is 20.3 Å². The van der Waals surface area contributed by atoms with Gasteiger partial charge in [-0.1, -0.05) is 25.5 Å². The fourth-order valence-corrected chi connectivity index (χ4v) is 4.53. The van der Waals surface area contributed by atoms with Crippen molar-refractivity contribution in [2.75, 3.05) is 37.5 Å². The minimum absolute atomic E-state index is 0.0221. The highest BCUT2D eigenvalue weighted by atomic mass is 16.5. The van der Waals surface area contributed by atoms with Crippen LogP contribution in [-0.2, 0) is 0 Å². The number of carbonyl (C=O) groups is 1. The highest BCUT2D eigenvalue weighted by Gasteiger charge is 2.23. The molecule has 1 aliphatic carbocycles. The summed E-state index contributed by atoms with van der Waals surface area (Å²) in [5.41, 5.74) is 1.62. The van der Waals surface area contributed by atoms with E-state index in [2.05, 4.69) is 23.6 Å². The number of anilines is 2. The predicted molar refractivity (Wildman–Crippen MR) is 142 cm³/mol. The Kier molecular flexibility index (Phi) is 8.40. The van der Waals surface area contributed by atoms with Gasteiger partial charge in [0.2, 0.25) is 5.95 Å². The summed E-state index contributed by atoms with van der Waals surface area (Å²) >= 11 is 0. The van der Waals surface area contributed by atoms with E-state index in [-0.39, 0.29) is 5.91 Å². The van der Waals surface area contributed by atoms with E-state index >= 15 is 0 Å². The summed E-state index contributed by atoms with van der Waals surface area (Å²) in [7, 11) is 4.02. The summed E-state index contributed by atoms with van der Waals surface area (Å²) in [5, 5.41) is 7.73. The summed E-state index contributed by atoms with van der Waals surface area (Å²) in [6.07, 6.45) is 6.35. The zero-order chi connectivity index (χ0) is 24.6. The van der Waals surface area contributed by atoms with Crippen LogP contribution in [0.1, 0.15) is 55.8 Å². The van der Waals surface area contributed by atoms with Crippen LogP contribution in [0.5, 0.6) is 5.75 Å². The molecule has 1 amide bonds. The third kappa shape index (κ3) is 6.62. The van der Waals surface area contributed by atoms with Crippen molar-refractivity contribution in [1.82, 2.24) is 15.3 Å². The first kappa shape index (κ1) is 24.8. The summed E-state index contributed by atoms with van der Waals surface area (Å²) in [5.74, 6) is 2.89. The molecule has 1 heterocycles. The van der Waals surface area contributed by atoms with Crippen LogP contribution < -0.4 is 20.3 Å². The first-order valence-electron chi connectivity index (χ1n) is 12.7. The molecule has 0 saturated heterocycles. The Morgan fingerprint density at radius 2 is 1.77 bits per heavy atom. The lowest BCUT2D eigenvalue weighted by Crippen LogP contribution is -2.34. The highest BCUT2D eigenvalue weighted by molar-refractivity contribution is 5.94. The number of rotatable bonds is 10. The van der Waals surface area contributed by atoms with E-state index < -0.39 is 0 Å². The van der Waals surface area contributed by atoms with E-state index in [0.717, 1.165) is 61.0 Å². The number of nitrogens with zero attached hydrogens (tertiary/aromatic N) is 3. The van der Waals surface area contributed by atoms with Gasteiger partial charge in [0.25, 0.3) is 5.91 Å². The fraction of sp³-hybridized carbons (Fsp3) is 0.464. The number of amides is 1. The number of para-hydroxylation sites is 1. The molecule has 1 saturated carbocycles. The van der Waals surface area contributed by atoms with Gasteiger partial charge in [-0.2, -0.15) is 4.98 Å².